The van der Waals surface area contributed by atoms with E-state index in [1.165, 1.54) is 11.3 Å². The molecule has 0 aliphatic rings. The van der Waals surface area contributed by atoms with Crippen molar-refractivity contribution in [3.05, 3.63) is 76.1 Å². The van der Waals surface area contributed by atoms with Gasteiger partial charge >= 0.3 is 5.69 Å². The van der Waals surface area contributed by atoms with Crippen molar-refractivity contribution in [3.8, 4) is 0 Å². The summed E-state index contributed by atoms with van der Waals surface area (Å²) in [5.74, 6) is -0.651. The summed E-state index contributed by atoms with van der Waals surface area (Å²) in [5, 5.41) is 15.0. The van der Waals surface area contributed by atoms with E-state index < -0.39 is 16.5 Å². The van der Waals surface area contributed by atoms with Crippen molar-refractivity contribution in [2.24, 2.45) is 0 Å². The number of nitrogens with one attached hydrogen (secondary N) is 3. The first kappa shape index (κ1) is 19.2. The van der Waals surface area contributed by atoms with Gasteiger partial charge in [0.15, 0.2) is 5.13 Å². The highest BCUT2D eigenvalue weighted by atomic mass is 32.1. The summed E-state index contributed by atoms with van der Waals surface area (Å²) in [6.45, 7) is 1.94. The van der Waals surface area contributed by atoms with Crippen LogP contribution in [0, 0.1) is 17.0 Å². The number of aryl methyl sites for hydroxylation is 1. The number of benzene rings is 2. The molecule has 0 radical (unpaired) electrons. The van der Waals surface area contributed by atoms with E-state index in [0.29, 0.717) is 10.7 Å². The van der Waals surface area contributed by atoms with Crippen LogP contribution in [-0.2, 0) is 0 Å². The lowest BCUT2D eigenvalue weighted by Crippen LogP contribution is -2.30. The summed E-state index contributed by atoms with van der Waals surface area (Å²) in [4.78, 5) is 35.6. The summed E-state index contributed by atoms with van der Waals surface area (Å²) in [5.41, 5.74) is 6.70. The summed E-state index contributed by atoms with van der Waals surface area (Å²) < 4.78 is 0.947. The molecule has 3 N–H and O–H groups in total. The summed E-state index contributed by atoms with van der Waals surface area (Å²) in [6.07, 6.45) is 1.16. The average Bonchev–Trinajstić information content (AvgIpc) is 3.16. The van der Waals surface area contributed by atoms with E-state index >= 15 is 0 Å². The van der Waals surface area contributed by atoms with Gasteiger partial charge in [0.1, 0.15) is 6.33 Å². The van der Waals surface area contributed by atoms with Crippen LogP contribution in [-0.4, -0.2) is 25.8 Å². The molecule has 0 saturated heterocycles. The van der Waals surface area contributed by atoms with Crippen molar-refractivity contribution in [2.45, 2.75) is 6.92 Å². The molecule has 150 valence electrons. The van der Waals surface area contributed by atoms with Gasteiger partial charge in [-0.25, -0.2) is 15.0 Å². The van der Waals surface area contributed by atoms with Gasteiger partial charge in [-0.3, -0.25) is 25.8 Å². The van der Waals surface area contributed by atoms with Gasteiger partial charge in [-0.1, -0.05) is 41.7 Å². The molecule has 0 aliphatic heterocycles. The smallest absolute Gasteiger partial charge is 0.310 e. The van der Waals surface area contributed by atoms with Gasteiger partial charge in [-0.2, -0.15) is 0 Å². The van der Waals surface area contributed by atoms with E-state index in [9.17, 15) is 14.9 Å². The molecule has 4 rings (SSSR count). The number of aromatic nitrogens is 3. The highest BCUT2D eigenvalue weighted by molar-refractivity contribution is 7.22. The van der Waals surface area contributed by atoms with Crippen LogP contribution in [0.5, 0.6) is 0 Å². The number of nitro groups is 1. The van der Waals surface area contributed by atoms with Crippen LogP contribution in [0.3, 0.4) is 0 Å². The molecular formula is C19H15N7O3S. The number of thiazole rings is 1. The second-order valence-electron chi connectivity index (χ2n) is 6.19. The van der Waals surface area contributed by atoms with Crippen LogP contribution in [0.1, 0.15) is 15.9 Å². The van der Waals surface area contributed by atoms with E-state index in [-0.39, 0.29) is 11.6 Å². The van der Waals surface area contributed by atoms with Crippen LogP contribution in [0.15, 0.2) is 54.9 Å². The highest BCUT2D eigenvalue weighted by Gasteiger charge is 2.24. The van der Waals surface area contributed by atoms with Crippen molar-refractivity contribution in [3.63, 3.8) is 0 Å². The Morgan fingerprint density at radius 2 is 1.83 bits per heavy atom. The normalized spacial score (nSPS) is 10.6. The van der Waals surface area contributed by atoms with Crippen LogP contribution >= 0.6 is 11.3 Å². The van der Waals surface area contributed by atoms with E-state index in [1.807, 2.05) is 25.1 Å². The Morgan fingerprint density at radius 1 is 1.07 bits per heavy atom. The molecule has 11 heteroatoms. The van der Waals surface area contributed by atoms with E-state index in [1.54, 1.807) is 30.3 Å². The molecule has 0 saturated carbocycles. The topological polar surface area (TPSA) is 135 Å². The third kappa shape index (κ3) is 3.86. The zero-order valence-electron chi connectivity index (χ0n) is 15.6. The van der Waals surface area contributed by atoms with Gasteiger partial charge < -0.3 is 5.32 Å². The fourth-order valence-corrected chi connectivity index (χ4v) is 3.70. The Balaban J connectivity index is 1.60. The number of para-hydroxylation sites is 1. The largest absolute Gasteiger partial charge is 0.355 e. The van der Waals surface area contributed by atoms with Crippen molar-refractivity contribution < 1.29 is 9.72 Å². The van der Waals surface area contributed by atoms with Gasteiger partial charge in [0.2, 0.25) is 11.6 Å². The zero-order chi connectivity index (χ0) is 21.1. The number of fused-ring (bicyclic) bond motifs is 1. The molecule has 4 aromatic rings. The first-order chi connectivity index (χ1) is 14.5. The van der Waals surface area contributed by atoms with E-state index in [2.05, 4.69) is 31.1 Å². The number of amides is 1. The van der Waals surface area contributed by atoms with Gasteiger partial charge in [0, 0.05) is 5.56 Å². The van der Waals surface area contributed by atoms with Crippen LogP contribution in [0.25, 0.3) is 10.2 Å². The average molecular weight is 421 g/mol. The molecule has 0 bridgehead atoms. The van der Waals surface area contributed by atoms with Gasteiger partial charge in [-0.15, -0.1) is 0 Å². The van der Waals surface area contributed by atoms with Crippen molar-refractivity contribution in [1.82, 2.24) is 20.4 Å². The minimum atomic E-state index is -0.627. The van der Waals surface area contributed by atoms with Crippen molar-refractivity contribution in [2.75, 3.05) is 10.7 Å². The lowest BCUT2D eigenvalue weighted by molar-refractivity contribution is -0.383. The Labute approximate surface area is 174 Å². The van der Waals surface area contributed by atoms with Crippen LogP contribution < -0.4 is 16.2 Å². The molecule has 0 atom stereocenters. The number of carbonyl (C=O) groups is 1. The van der Waals surface area contributed by atoms with Crippen LogP contribution in [0.2, 0.25) is 0 Å². The highest BCUT2D eigenvalue weighted by Crippen LogP contribution is 2.34. The standard InChI is InChI=1S/C19H15N7O3S/c1-11-6-5-9-13-14(11)22-19(30-13)23-16-15(26(28)29)17(21-10-20-16)24-25-18(27)12-7-3-2-4-8-12/h2-10H,1H3,(H,25,27)(H2,20,21,22,23,24). The minimum absolute atomic E-state index is 0.0387. The number of anilines is 3. The summed E-state index contributed by atoms with van der Waals surface area (Å²) in [7, 11) is 0. The van der Waals surface area contributed by atoms with Crippen molar-refractivity contribution in [1.29, 1.82) is 0 Å². The predicted octanol–water partition coefficient (Wildman–Crippen LogP) is 3.80. The first-order valence-corrected chi connectivity index (χ1v) is 9.58. The lowest BCUT2D eigenvalue weighted by atomic mass is 10.2. The molecular weight excluding hydrogens is 406 g/mol. The molecule has 2 heterocycles. The predicted molar refractivity (Wildman–Crippen MR) is 114 cm³/mol. The maximum Gasteiger partial charge on any atom is 0.355 e. The molecule has 30 heavy (non-hydrogen) atoms. The van der Waals surface area contributed by atoms with Crippen LogP contribution in [0.4, 0.5) is 22.5 Å². The van der Waals surface area contributed by atoms with Gasteiger partial charge in [0.25, 0.3) is 5.91 Å². The SMILES string of the molecule is Cc1cccc2sc(Nc3ncnc(NNC(=O)c4ccccc4)c3[N+](=O)[O-])nc12. The third-order valence-corrected chi connectivity index (χ3v) is 5.12. The fraction of sp³-hybridized carbons (Fsp3) is 0.0526. The maximum absolute atomic E-state index is 12.2. The Bertz CT molecular complexity index is 1240. The Morgan fingerprint density at radius 3 is 2.57 bits per heavy atom. The molecule has 10 nitrogen and oxygen atoms in total. The molecule has 1 amide bonds. The molecule has 0 spiro atoms. The fourth-order valence-electron chi connectivity index (χ4n) is 2.75. The van der Waals surface area contributed by atoms with Crippen molar-refractivity contribution >= 4 is 49.9 Å². The molecule has 2 aromatic carbocycles. The number of hydrazine groups is 1. The van der Waals surface area contributed by atoms with Gasteiger partial charge in [0.05, 0.1) is 15.1 Å². The number of hydrogen-bond acceptors (Lipinski definition) is 9. The summed E-state index contributed by atoms with van der Waals surface area (Å²) >= 11 is 1.35. The molecule has 2 aromatic heterocycles. The Hall–Kier alpha value is -4.12. The number of carbonyl (C=O) groups excluding carboxylic acids is 1. The second kappa shape index (κ2) is 8.09. The second-order valence-corrected chi connectivity index (χ2v) is 7.22. The summed E-state index contributed by atoms with van der Waals surface area (Å²) in [6, 6.07) is 14.2. The minimum Gasteiger partial charge on any atom is -0.310 e. The molecule has 0 fully saturated rings. The molecule has 0 unspecified atom stereocenters. The lowest BCUT2D eigenvalue weighted by Gasteiger charge is -2.10. The number of hydrogen-bond donors (Lipinski definition) is 3. The maximum atomic E-state index is 12.2. The zero-order valence-corrected chi connectivity index (χ0v) is 16.4. The monoisotopic (exact) mass is 421 g/mol. The quantitative estimate of drug-likeness (QED) is 0.316. The number of rotatable bonds is 6. The van der Waals surface area contributed by atoms with E-state index in [4.69, 9.17) is 0 Å². The third-order valence-electron chi connectivity index (χ3n) is 4.18. The first-order valence-electron chi connectivity index (χ1n) is 8.77. The van der Waals surface area contributed by atoms with Gasteiger partial charge in [-0.05, 0) is 30.7 Å². The van der Waals surface area contributed by atoms with E-state index in [0.717, 1.165) is 22.1 Å². The number of nitrogens with zero attached hydrogens (tertiary/aromatic N) is 4. The Kier molecular flexibility index (Phi) is 5.18. The molecule has 0 aliphatic carbocycles.